The molecule has 1 aromatic carbocycles. The van der Waals surface area contributed by atoms with Gasteiger partial charge in [-0.15, -0.1) is 11.3 Å². The number of hydrogen-bond donors (Lipinski definition) is 0. The fourth-order valence-electron chi connectivity index (χ4n) is 2.62. The molecule has 1 aliphatic rings. The Hall–Kier alpha value is -1.44. The lowest BCUT2D eigenvalue weighted by atomic mass is 9.99. The van der Waals surface area contributed by atoms with E-state index in [0.717, 1.165) is 12.8 Å². The lowest BCUT2D eigenvalue weighted by Gasteiger charge is -2.30. The van der Waals surface area contributed by atoms with Gasteiger partial charge in [-0.05, 0) is 42.3 Å². The summed E-state index contributed by atoms with van der Waals surface area (Å²) in [4.78, 5) is 0. The lowest BCUT2D eigenvalue weighted by molar-refractivity contribution is 0.181. The third kappa shape index (κ3) is 3.73. The van der Waals surface area contributed by atoms with Crippen LogP contribution in [0.4, 0.5) is 4.39 Å². The first kappa shape index (κ1) is 16.4. The molecule has 3 rings (SSSR count). The first-order chi connectivity index (χ1) is 11.1. The van der Waals surface area contributed by atoms with Crippen LogP contribution in [0.3, 0.4) is 0 Å². The fraction of sp³-hybridized carbons (Fsp3) is 0.375. The van der Waals surface area contributed by atoms with Gasteiger partial charge in [0.05, 0.1) is 6.61 Å². The van der Waals surface area contributed by atoms with E-state index >= 15 is 0 Å². The second-order valence-electron chi connectivity index (χ2n) is 5.52. The van der Waals surface area contributed by atoms with Gasteiger partial charge in [0.2, 0.25) is 0 Å². The Kier molecular flexibility index (Phi) is 4.99. The summed E-state index contributed by atoms with van der Waals surface area (Å²) in [6, 6.07) is 9.70. The summed E-state index contributed by atoms with van der Waals surface area (Å²) in [5.74, 6) is 0.121. The number of halogens is 1. The van der Waals surface area contributed by atoms with Gasteiger partial charge in [-0.1, -0.05) is 18.2 Å². The minimum absolute atomic E-state index is 0.240. The molecule has 0 spiro atoms. The van der Waals surface area contributed by atoms with Gasteiger partial charge < -0.3 is 4.74 Å². The van der Waals surface area contributed by atoms with Crippen molar-refractivity contribution in [3.05, 3.63) is 47.6 Å². The molecule has 0 unspecified atom stereocenters. The van der Waals surface area contributed by atoms with E-state index in [9.17, 15) is 12.8 Å². The van der Waals surface area contributed by atoms with Gasteiger partial charge in [0.15, 0.2) is 11.6 Å². The highest BCUT2D eigenvalue weighted by Gasteiger charge is 2.30. The molecule has 0 N–H and O–H groups in total. The SMILES string of the molecule is O=S(=O)(c1cccs1)N1CCC(COc2ccccc2F)CC1. The Morgan fingerprint density at radius 3 is 2.57 bits per heavy atom. The minimum atomic E-state index is -3.36. The summed E-state index contributed by atoms with van der Waals surface area (Å²) in [6.07, 6.45) is 1.44. The average molecular weight is 355 g/mol. The van der Waals surface area contributed by atoms with E-state index in [0.29, 0.717) is 23.9 Å². The Morgan fingerprint density at radius 2 is 1.91 bits per heavy atom. The van der Waals surface area contributed by atoms with Crippen molar-refractivity contribution < 1.29 is 17.5 Å². The standard InChI is InChI=1S/C16H18FNO3S2/c17-14-4-1-2-5-15(14)21-12-13-7-9-18(10-8-13)23(19,20)16-6-3-11-22-16/h1-6,11,13H,7-10,12H2. The predicted molar refractivity (Wildman–Crippen MR) is 87.7 cm³/mol. The number of piperidine rings is 1. The topological polar surface area (TPSA) is 46.6 Å². The summed E-state index contributed by atoms with van der Waals surface area (Å²) >= 11 is 1.24. The van der Waals surface area contributed by atoms with Crippen molar-refractivity contribution in [2.24, 2.45) is 5.92 Å². The van der Waals surface area contributed by atoms with Gasteiger partial charge >= 0.3 is 0 Å². The molecule has 0 saturated carbocycles. The highest BCUT2D eigenvalue weighted by Crippen LogP contribution is 2.27. The maximum absolute atomic E-state index is 13.5. The summed E-state index contributed by atoms with van der Waals surface area (Å²) in [5, 5.41) is 1.77. The van der Waals surface area contributed by atoms with E-state index in [2.05, 4.69) is 0 Å². The molecule has 2 heterocycles. The quantitative estimate of drug-likeness (QED) is 0.826. The molecule has 0 radical (unpaired) electrons. The van der Waals surface area contributed by atoms with Crippen molar-refractivity contribution in [3.8, 4) is 5.75 Å². The van der Waals surface area contributed by atoms with Crippen LogP contribution >= 0.6 is 11.3 Å². The maximum Gasteiger partial charge on any atom is 0.252 e. The molecule has 1 aromatic heterocycles. The second kappa shape index (κ2) is 6.98. The third-order valence-corrected chi connectivity index (χ3v) is 7.25. The summed E-state index contributed by atoms with van der Waals surface area (Å²) in [7, 11) is -3.36. The van der Waals surface area contributed by atoms with Crippen LogP contribution in [0.25, 0.3) is 0 Å². The Labute approximate surface area is 139 Å². The van der Waals surface area contributed by atoms with Crippen molar-refractivity contribution in [3.63, 3.8) is 0 Å². The molecule has 124 valence electrons. The predicted octanol–water partition coefficient (Wildman–Crippen LogP) is 3.37. The summed E-state index contributed by atoms with van der Waals surface area (Å²) < 4.78 is 45.8. The molecule has 0 aliphatic carbocycles. The molecule has 1 fully saturated rings. The van der Waals surface area contributed by atoms with Crippen LogP contribution < -0.4 is 4.74 Å². The fourth-order valence-corrected chi connectivity index (χ4v) is 5.24. The normalized spacial score (nSPS) is 17.3. The Bertz CT molecular complexity index is 738. The van der Waals surface area contributed by atoms with E-state index in [4.69, 9.17) is 4.74 Å². The number of rotatable bonds is 5. The zero-order valence-electron chi connectivity index (χ0n) is 12.5. The Morgan fingerprint density at radius 1 is 1.17 bits per heavy atom. The summed E-state index contributed by atoms with van der Waals surface area (Å²) in [6.45, 7) is 1.37. The molecule has 0 atom stereocenters. The third-order valence-electron chi connectivity index (χ3n) is 3.97. The molecular weight excluding hydrogens is 337 g/mol. The molecular formula is C16H18FNO3S2. The largest absolute Gasteiger partial charge is 0.490 e. The molecule has 1 aliphatic heterocycles. The lowest BCUT2D eigenvalue weighted by Crippen LogP contribution is -2.39. The molecule has 0 amide bonds. The monoisotopic (exact) mass is 355 g/mol. The van der Waals surface area contributed by atoms with Crippen molar-refractivity contribution in [2.75, 3.05) is 19.7 Å². The van der Waals surface area contributed by atoms with Gasteiger partial charge in [0, 0.05) is 13.1 Å². The zero-order chi connectivity index (χ0) is 16.3. The van der Waals surface area contributed by atoms with E-state index in [1.54, 1.807) is 35.7 Å². The molecule has 7 heteroatoms. The van der Waals surface area contributed by atoms with Crippen LogP contribution in [-0.4, -0.2) is 32.4 Å². The van der Waals surface area contributed by atoms with Gasteiger partial charge in [-0.2, -0.15) is 4.31 Å². The van der Waals surface area contributed by atoms with Crippen molar-refractivity contribution in [1.29, 1.82) is 0 Å². The van der Waals surface area contributed by atoms with Gasteiger partial charge in [-0.3, -0.25) is 0 Å². The van der Waals surface area contributed by atoms with E-state index in [1.165, 1.54) is 21.7 Å². The average Bonchev–Trinajstić information content (AvgIpc) is 3.10. The van der Waals surface area contributed by atoms with E-state index in [-0.39, 0.29) is 17.5 Å². The van der Waals surface area contributed by atoms with Gasteiger partial charge in [0.25, 0.3) is 10.0 Å². The molecule has 1 saturated heterocycles. The highest BCUT2D eigenvalue weighted by atomic mass is 32.2. The van der Waals surface area contributed by atoms with Crippen LogP contribution in [0.5, 0.6) is 5.75 Å². The molecule has 2 aromatic rings. The zero-order valence-corrected chi connectivity index (χ0v) is 14.2. The molecule has 23 heavy (non-hydrogen) atoms. The number of benzene rings is 1. The minimum Gasteiger partial charge on any atom is -0.490 e. The van der Waals surface area contributed by atoms with Gasteiger partial charge in [0.1, 0.15) is 4.21 Å². The van der Waals surface area contributed by atoms with Crippen LogP contribution in [0.2, 0.25) is 0 Å². The highest BCUT2D eigenvalue weighted by molar-refractivity contribution is 7.91. The number of hydrogen-bond acceptors (Lipinski definition) is 4. The first-order valence-corrected chi connectivity index (χ1v) is 9.80. The van der Waals surface area contributed by atoms with Crippen LogP contribution in [0.1, 0.15) is 12.8 Å². The Balaban J connectivity index is 1.54. The van der Waals surface area contributed by atoms with Gasteiger partial charge in [-0.25, -0.2) is 12.8 Å². The van der Waals surface area contributed by atoms with Crippen LogP contribution in [0.15, 0.2) is 46.0 Å². The number of nitrogens with zero attached hydrogens (tertiary/aromatic N) is 1. The number of para-hydroxylation sites is 1. The molecule has 0 bridgehead atoms. The van der Waals surface area contributed by atoms with E-state index < -0.39 is 10.0 Å². The van der Waals surface area contributed by atoms with E-state index in [1.807, 2.05) is 0 Å². The number of sulfonamides is 1. The number of thiophene rings is 1. The smallest absolute Gasteiger partial charge is 0.252 e. The van der Waals surface area contributed by atoms with Crippen LogP contribution in [0, 0.1) is 11.7 Å². The number of ether oxygens (including phenoxy) is 1. The maximum atomic E-state index is 13.5. The van der Waals surface area contributed by atoms with Crippen molar-refractivity contribution in [2.45, 2.75) is 17.1 Å². The van der Waals surface area contributed by atoms with Crippen molar-refractivity contribution in [1.82, 2.24) is 4.31 Å². The van der Waals surface area contributed by atoms with Crippen molar-refractivity contribution >= 4 is 21.4 Å². The molecule has 4 nitrogen and oxygen atoms in total. The second-order valence-corrected chi connectivity index (χ2v) is 8.63. The summed E-state index contributed by atoms with van der Waals surface area (Å²) in [5.41, 5.74) is 0. The first-order valence-electron chi connectivity index (χ1n) is 7.48. The van der Waals surface area contributed by atoms with Crippen LogP contribution in [-0.2, 0) is 10.0 Å².